The van der Waals surface area contributed by atoms with Crippen molar-refractivity contribution in [3.8, 4) is 5.75 Å². The van der Waals surface area contributed by atoms with Crippen molar-refractivity contribution in [2.24, 2.45) is 5.41 Å². The van der Waals surface area contributed by atoms with E-state index in [1.165, 1.54) is 11.1 Å². The summed E-state index contributed by atoms with van der Waals surface area (Å²) < 4.78 is 5.97. The Kier molecular flexibility index (Phi) is 6.48. The first kappa shape index (κ1) is 20.9. The predicted molar refractivity (Wildman–Crippen MR) is 97.8 cm³/mol. The van der Waals surface area contributed by atoms with Crippen molar-refractivity contribution < 1.29 is 20.1 Å². The van der Waals surface area contributed by atoms with Crippen LogP contribution in [-0.4, -0.2) is 41.7 Å². The summed E-state index contributed by atoms with van der Waals surface area (Å²) >= 11 is 0. The summed E-state index contributed by atoms with van der Waals surface area (Å²) in [5, 5.41) is 28.5. The van der Waals surface area contributed by atoms with Gasteiger partial charge >= 0.3 is 0 Å². The molecule has 0 fully saturated rings. The molecule has 1 rings (SSSR count). The Morgan fingerprint density at radius 2 is 1.33 bits per heavy atom. The average Bonchev–Trinajstić information content (AvgIpc) is 2.48. The fourth-order valence-corrected chi connectivity index (χ4v) is 2.57. The highest BCUT2D eigenvalue weighted by Crippen LogP contribution is 2.37. The molecular formula is C20H34O4. The molecule has 24 heavy (non-hydrogen) atoms. The zero-order valence-electron chi connectivity index (χ0n) is 16.2. The third kappa shape index (κ3) is 4.71. The Morgan fingerprint density at radius 3 is 1.71 bits per heavy atom. The monoisotopic (exact) mass is 338 g/mol. The van der Waals surface area contributed by atoms with E-state index < -0.39 is 5.41 Å². The molecular weight excluding hydrogens is 304 g/mol. The fourth-order valence-electron chi connectivity index (χ4n) is 2.57. The van der Waals surface area contributed by atoms with E-state index in [0.29, 0.717) is 0 Å². The van der Waals surface area contributed by atoms with Gasteiger partial charge in [0.2, 0.25) is 0 Å². The number of hydrogen-bond acceptors (Lipinski definition) is 4. The van der Waals surface area contributed by atoms with Crippen molar-refractivity contribution in [1.29, 1.82) is 0 Å². The Morgan fingerprint density at radius 1 is 0.833 bits per heavy atom. The van der Waals surface area contributed by atoms with Crippen LogP contribution in [0.4, 0.5) is 0 Å². The van der Waals surface area contributed by atoms with E-state index in [4.69, 9.17) is 4.74 Å². The van der Waals surface area contributed by atoms with Gasteiger partial charge in [-0.15, -0.1) is 0 Å². The lowest BCUT2D eigenvalue weighted by Gasteiger charge is -2.31. The molecule has 0 amide bonds. The third-order valence-corrected chi connectivity index (χ3v) is 4.57. The number of benzene rings is 1. The van der Waals surface area contributed by atoms with E-state index in [-0.39, 0.29) is 37.3 Å². The summed E-state index contributed by atoms with van der Waals surface area (Å²) in [6.07, 6.45) is 0. The Bertz CT molecular complexity index is 538. The molecule has 4 nitrogen and oxygen atoms in total. The van der Waals surface area contributed by atoms with Crippen molar-refractivity contribution in [1.82, 2.24) is 0 Å². The Balaban J connectivity index is 3.32. The highest BCUT2D eigenvalue weighted by molar-refractivity contribution is 5.47. The van der Waals surface area contributed by atoms with E-state index in [1.807, 2.05) is 13.0 Å². The van der Waals surface area contributed by atoms with Crippen LogP contribution in [0.5, 0.6) is 5.75 Å². The van der Waals surface area contributed by atoms with Gasteiger partial charge in [0.15, 0.2) is 0 Å². The maximum atomic E-state index is 9.49. The van der Waals surface area contributed by atoms with Crippen LogP contribution < -0.4 is 4.74 Å². The van der Waals surface area contributed by atoms with Crippen LogP contribution in [0.25, 0.3) is 0 Å². The topological polar surface area (TPSA) is 69.9 Å². The third-order valence-electron chi connectivity index (χ3n) is 4.57. The molecule has 3 N–H and O–H groups in total. The molecule has 0 bridgehead atoms. The van der Waals surface area contributed by atoms with Crippen molar-refractivity contribution in [3.05, 3.63) is 28.8 Å². The molecule has 138 valence electrons. The van der Waals surface area contributed by atoms with Crippen LogP contribution in [-0.2, 0) is 10.8 Å². The molecule has 0 saturated heterocycles. The molecule has 0 aliphatic carbocycles. The van der Waals surface area contributed by atoms with Crippen LogP contribution in [0.2, 0.25) is 0 Å². The van der Waals surface area contributed by atoms with Gasteiger partial charge in [-0.1, -0.05) is 47.6 Å². The van der Waals surface area contributed by atoms with E-state index >= 15 is 0 Å². The number of ether oxygens (including phenoxy) is 1. The van der Waals surface area contributed by atoms with Crippen molar-refractivity contribution >= 4 is 0 Å². The van der Waals surface area contributed by atoms with Gasteiger partial charge in [0.1, 0.15) is 12.4 Å². The largest absolute Gasteiger partial charge is 0.492 e. The average molecular weight is 338 g/mol. The minimum absolute atomic E-state index is 0.0200. The Hall–Kier alpha value is -1.10. The first-order valence-corrected chi connectivity index (χ1v) is 8.51. The molecule has 4 heteroatoms. The molecule has 0 atom stereocenters. The summed E-state index contributed by atoms with van der Waals surface area (Å²) in [6.45, 7) is 14.1. The molecule has 0 aliphatic heterocycles. The predicted octanol–water partition coefficient (Wildman–Crippen LogP) is 2.93. The first-order chi connectivity index (χ1) is 10.9. The van der Waals surface area contributed by atoms with Gasteiger partial charge in [-0.05, 0) is 40.5 Å². The van der Waals surface area contributed by atoms with Gasteiger partial charge in [0.05, 0.1) is 25.2 Å². The highest BCUT2D eigenvalue weighted by Gasteiger charge is 2.30. The lowest BCUT2D eigenvalue weighted by atomic mass is 9.78. The molecule has 0 spiro atoms. The second kappa shape index (κ2) is 7.42. The number of aliphatic hydroxyl groups is 3. The smallest absolute Gasteiger partial charge is 0.122 e. The SMILES string of the molecule is Cc1c(OCC(CO)(CO)CO)cc(C(C)(C)C)cc1C(C)(C)C. The number of aliphatic hydroxyl groups excluding tert-OH is 3. The van der Waals surface area contributed by atoms with E-state index in [1.54, 1.807) is 0 Å². The lowest BCUT2D eigenvalue weighted by Crippen LogP contribution is -2.40. The summed E-state index contributed by atoms with van der Waals surface area (Å²) in [5.74, 6) is 0.743. The van der Waals surface area contributed by atoms with Crippen molar-refractivity contribution in [3.63, 3.8) is 0 Å². The van der Waals surface area contributed by atoms with Crippen LogP contribution >= 0.6 is 0 Å². The van der Waals surface area contributed by atoms with Gasteiger partial charge in [0.25, 0.3) is 0 Å². The minimum atomic E-state index is -1.04. The summed E-state index contributed by atoms with van der Waals surface area (Å²) in [7, 11) is 0. The fraction of sp³-hybridized carbons (Fsp3) is 0.700. The van der Waals surface area contributed by atoms with Gasteiger partial charge in [-0.2, -0.15) is 0 Å². The first-order valence-electron chi connectivity index (χ1n) is 8.51. The summed E-state index contributed by atoms with van der Waals surface area (Å²) in [5.41, 5.74) is 2.37. The molecule has 0 aliphatic rings. The van der Waals surface area contributed by atoms with E-state index in [9.17, 15) is 15.3 Å². The maximum absolute atomic E-state index is 9.49. The van der Waals surface area contributed by atoms with Gasteiger partial charge in [-0.3, -0.25) is 0 Å². The molecule has 0 heterocycles. The Labute approximate surface area is 146 Å². The highest BCUT2D eigenvalue weighted by atomic mass is 16.5. The second-order valence-electron chi connectivity index (χ2n) is 8.91. The van der Waals surface area contributed by atoms with Crippen LogP contribution in [0.1, 0.15) is 58.2 Å². The van der Waals surface area contributed by atoms with E-state index in [2.05, 4.69) is 47.6 Å². The van der Waals surface area contributed by atoms with Gasteiger partial charge in [-0.25, -0.2) is 0 Å². The molecule has 0 unspecified atom stereocenters. The number of hydrogen-bond donors (Lipinski definition) is 3. The number of rotatable bonds is 6. The summed E-state index contributed by atoms with van der Waals surface area (Å²) in [4.78, 5) is 0. The van der Waals surface area contributed by atoms with Gasteiger partial charge in [0, 0.05) is 0 Å². The quantitative estimate of drug-likeness (QED) is 0.746. The molecule has 1 aromatic rings. The maximum Gasteiger partial charge on any atom is 0.122 e. The molecule has 0 aromatic heterocycles. The normalized spacial score (nSPS) is 13.2. The van der Waals surface area contributed by atoms with Gasteiger partial charge < -0.3 is 20.1 Å². The second-order valence-corrected chi connectivity index (χ2v) is 8.91. The molecule has 0 saturated carbocycles. The minimum Gasteiger partial charge on any atom is -0.492 e. The zero-order chi connectivity index (χ0) is 18.8. The molecule has 0 radical (unpaired) electrons. The standard InChI is InChI=1S/C20H34O4/c1-14-16(19(5,6)7)8-15(18(2,3)4)9-17(14)24-13-20(10-21,11-22)12-23/h8-9,21-23H,10-13H2,1-7H3. The van der Waals surface area contributed by atoms with Crippen molar-refractivity contribution in [2.45, 2.75) is 59.3 Å². The summed E-state index contributed by atoms with van der Waals surface area (Å²) in [6, 6.07) is 4.26. The van der Waals surface area contributed by atoms with Crippen molar-refractivity contribution in [2.75, 3.05) is 26.4 Å². The van der Waals surface area contributed by atoms with Crippen LogP contribution in [0, 0.1) is 12.3 Å². The lowest BCUT2D eigenvalue weighted by molar-refractivity contribution is -0.0260. The van der Waals surface area contributed by atoms with Crippen LogP contribution in [0.3, 0.4) is 0 Å². The molecule has 1 aromatic carbocycles. The van der Waals surface area contributed by atoms with E-state index in [0.717, 1.165) is 11.3 Å². The van der Waals surface area contributed by atoms with Crippen LogP contribution in [0.15, 0.2) is 12.1 Å². The zero-order valence-corrected chi connectivity index (χ0v) is 16.2.